The number of anilines is 1. The van der Waals surface area contributed by atoms with Crippen LogP contribution in [0, 0.1) is 0 Å². The number of carbonyl (C=O) groups is 3. The van der Waals surface area contributed by atoms with Gasteiger partial charge in [0.05, 0.1) is 30.1 Å². The van der Waals surface area contributed by atoms with E-state index in [1.54, 1.807) is 38.1 Å². The van der Waals surface area contributed by atoms with E-state index in [1.807, 2.05) is 6.92 Å². The number of benzene rings is 1. The normalized spacial score (nSPS) is 16.5. The van der Waals surface area contributed by atoms with Gasteiger partial charge in [-0.15, -0.1) is 0 Å². The number of esters is 1. The smallest absolute Gasteiger partial charge is 0.333 e. The lowest BCUT2D eigenvalue weighted by molar-refractivity contribution is -0.137. The average molecular weight is 378 g/mol. The van der Waals surface area contributed by atoms with Crippen LogP contribution in [0.2, 0.25) is 0 Å². The van der Waals surface area contributed by atoms with Crippen LogP contribution in [0.25, 0.3) is 0 Å². The Balaban J connectivity index is 2.07. The van der Waals surface area contributed by atoms with Gasteiger partial charge >= 0.3 is 5.97 Å². The number of hydrogen-bond donors (Lipinski definition) is 1. The van der Waals surface area contributed by atoms with Crippen molar-refractivity contribution >= 4 is 35.2 Å². The molecule has 1 atom stereocenters. The summed E-state index contributed by atoms with van der Waals surface area (Å²) < 4.78 is 10.2. The van der Waals surface area contributed by atoms with Crippen LogP contribution in [0.3, 0.4) is 0 Å². The SMILES string of the molecule is CCOC(=O)/C=C1\SCC(=O)N1C(C)C(=O)Nc1ccc(OCC)cc1. The van der Waals surface area contributed by atoms with Crippen LogP contribution >= 0.6 is 11.8 Å². The Morgan fingerprint density at radius 1 is 1.27 bits per heavy atom. The van der Waals surface area contributed by atoms with Crippen LogP contribution in [-0.2, 0) is 19.1 Å². The van der Waals surface area contributed by atoms with Gasteiger partial charge in [-0.25, -0.2) is 4.79 Å². The average Bonchev–Trinajstić information content (AvgIpc) is 2.96. The zero-order chi connectivity index (χ0) is 19.1. The molecule has 1 heterocycles. The highest BCUT2D eigenvalue weighted by Crippen LogP contribution is 2.31. The summed E-state index contributed by atoms with van der Waals surface area (Å²) in [6.07, 6.45) is 1.25. The summed E-state index contributed by atoms with van der Waals surface area (Å²) in [5.74, 6) is -0.204. The molecule has 1 aliphatic heterocycles. The van der Waals surface area contributed by atoms with Crippen LogP contribution < -0.4 is 10.1 Å². The van der Waals surface area contributed by atoms with Gasteiger partial charge in [0.15, 0.2) is 0 Å². The summed E-state index contributed by atoms with van der Waals surface area (Å²) in [4.78, 5) is 37.7. The van der Waals surface area contributed by atoms with E-state index in [0.29, 0.717) is 23.1 Å². The Hall–Kier alpha value is -2.48. The second-order valence-electron chi connectivity index (χ2n) is 5.41. The Labute approximate surface area is 156 Å². The first-order valence-electron chi connectivity index (χ1n) is 8.33. The highest BCUT2D eigenvalue weighted by molar-refractivity contribution is 8.04. The molecule has 7 nitrogen and oxygen atoms in total. The number of nitrogens with one attached hydrogen (secondary N) is 1. The fourth-order valence-electron chi connectivity index (χ4n) is 2.37. The van der Waals surface area contributed by atoms with E-state index < -0.39 is 12.0 Å². The molecule has 140 valence electrons. The van der Waals surface area contributed by atoms with E-state index in [1.165, 1.54) is 22.7 Å². The van der Waals surface area contributed by atoms with Gasteiger partial charge in [-0.05, 0) is 45.0 Å². The third-order valence-corrected chi connectivity index (χ3v) is 4.58. The lowest BCUT2D eigenvalue weighted by Gasteiger charge is -2.24. The number of nitrogens with zero attached hydrogens (tertiary/aromatic N) is 1. The van der Waals surface area contributed by atoms with Gasteiger partial charge in [-0.2, -0.15) is 0 Å². The molecule has 2 rings (SSSR count). The van der Waals surface area contributed by atoms with Crippen molar-refractivity contribution in [3.05, 3.63) is 35.4 Å². The van der Waals surface area contributed by atoms with Crippen molar-refractivity contribution in [2.75, 3.05) is 24.3 Å². The molecule has 2 amide bonds. The molecule has 8 heteroatoms. The fraction of sp³-hybridized carbons (Fsp3) is 0.389. The molecule has 1 fully saturated rings. The second-order valence-corrected chi connectivity index (χ2v) is 6.41. The molecule has 1 saturated heterocycles. The van der Waals surface area contributed by atoms with E-state index >= 15 is 0 Å². The number of hydrogen-bond acceptors (Lipinski definition) is 6. The molecule has 0 bridgehead atoms. The third kappa shape index (κ3) is 5.01. The molecule has 1 unspecified atom stereocenters. The van der Waals surface area contributed by atoms with Gasteiger partial charge in [0.2, 0.25) is 11.8 Å². The second kappa shape index (κ2) is 9.28. The molecule has 0 aromatic heterocycles. The van der Waals surface area contributed by atoms with Crippen molar-refractivity contribution in [3.63, 3.8) is 0 Å². The molecule has 0 aliphatic carbocycles. The number of thioether (sulfide) groups is 1. The first kappa shape index (κ1) is 19.8. The van der Waals surface area contributed by atoms with Crippen LogP contribution in [0.5, 0.6) is 5.75 Å². The topological polar surface area (TPSA) is 84.9 Å². The standard InChI is InChI=1S/C18H22N2O5S/c1-4-24-14-8-6-13(7-9-14)19-18(23)12(3)20-15(21)11-26-16(20)10-17(22)25-5-2/h6-10,12H,4-5,11H2,1-3H3,(H,19,23)/b16-10-. The lowest BCUT2D eigenvalue weighted by atomic mass is 10.2. The molecule has 0 spiro atoms. The van der Waals surface area contributed by atoms with Crippen molar-refractivity contribution in [2.24, 2.45) is 0 Å². The summed E-state index contributed by atoms with van der Waals surface area (Å²) >= 11 is 1.21. The van der Waals surface area contributed by atoms with Crippen LogP contribution in [0.4, 0.5) is 5.69 Å². The maximum atomic E-state index is 12.5. The summed E-state index contributed by atoms with van der Waals surface area (Å²) in [6.45, 7) is 6.02. The Kier molecular flexibility index (Phi) is 7.08. The Bertz CT molecular complexity index is 702. The van der Waals surface area contributed by atoms with Crippen molar-refractivity contribution in [1.82, 2.24) is 4.90 Å². The molecule has 1 aromatic rings. The summed E-state index contributed by atoms with van der Waals surface area (Å²) in [6, 6.07) is 6.21. The molecule has 1 aromatic carbocycles. The van der Waals surface area contributed by atoms with E-state index in [4.69, 9.17) is 9.47 Å². The van der Waals surface area contributed by atoms with Gasteiger partial charge in [-0.1, -0.05) is 11.8 Å². The van der Waals surface area contributed by atoms with Crippen molar-refractivity contribution in [3.8, 4) is 5.75 Å². The van der Waals surface area contributed by atoms with Gasteiger partial charge in [0.25, 0.3) is 0 Å². The molecular weight excluding hydrogens is 356 g/mol. The molecule has 1 aliphatic rings. The summed E-state index contributed by atoms with van der Waals surface area (Å²) in [5.41, 5.74) is 0.598. The minimum absolute atomic E-state index is 0.186. The van der Waals surface area contributed by atoms with Gasteiger partial charge in [-0.3, -0.25) is 14.5 Å². The maximum Gasteiger partial charge on any atom is 0.333 e. The van der Waals surface area contributed by atoms with Crippen LogP contribution in [0.15, 0.2) is 35.4 Å². The quantitative estimate of drug-likeness (QED) is 0.579. The number of ether oxygens (including phenoxy) is 2. The predicted molar refractivity (Wildman–Crippen MR) is 99.7 cm³/mol. The molecule has 0 radical (unpaired) electrons. The third-order valence-electron chi connectivity index (χ3n) is 3.58. The molecule has 26 heavy (non-hydrogen) atoms. The number of amides is 2. The van der Waals surface area contributed by atoms with Gasteiger partial charge in [0.1, 0.15) is 11.8 Å². The Morgan fingerprint density at radius 2 is 1.96 bits per heavy atom. The molecule has 0 saturated carbocycles. The van der Waals surface area contributed by atoms with E-state index in [2.05, 4.69) is 5.32 Å². The zero-order valence-corrected chi connectivity index (χ0v) is 15.8. The molecule has 1 N–H and O–H groups in total. The van der Waals surface area contributed by atoms with Crippen LogP contribution in [0.1, 0.15) is 20.8 Å². The van der Waals surface area contributed by atoms with E-state index in [9.17, 15) is 14.4 Å². The fourth-order valence-corrected chi connectivity index (χ4v) is 3.35. The van der Waals surface area contributed by atoms with Crippen molar-refractivity contribution in [2.45, 2.75) is 26.8 Å². The Morgan fingerprint density at radius 3 is 2.58 bits per heavy atom. The first-order chi connectivity index (χ1) is 12.5. The van der Waals surface area contributed by atoms with Crippen molar-refractivity contribution in [1.29, 1.82) is 0 Å². The maximum absolute atomic E-state index is 12.5. The van der Waals surface area contributed by atoms with Crippen molar-refractivity contribution < 1.29 is 23.9 Å². The monoisotopic (exact) mass is 378 g/mol. The summed E-state index contributed by atoms with van der Waals surface area (Å²) in [7, 11) is 0. The summed E-state index contributed by atoms with van der Waals surface area (Å²) in [5, 5.41) is 3.19. The predicted octanol–water partition coefficient (Wildman–Crippen LogP) is 2.39. The van der Waals surface area contributed by atoms with Gasteiger partial charge in [0, 0.05) is 5.69 Å². The van der Waals surface area contributed by atoms with Gasteiger partial charge < -0.3 is 14.8 Å². The van der Waals surface area contributed by atoms with E-state index in [-0.39, 0.29) is 24.2 Å². The highest BCUT2D eigenvalue weighted by Gasteiger charge is 2.34. The number of carbonyl (C=O) groups excluding carboxylic acids is 3. The van der Waals surface area contributed by atoms with E-state index in [0.717, 1.165) is 0 Å². The lowest BCUT2D eigenvalue weighted by Crippen LogP contribution is -2.42. The highest BCUT2D eigenvalue weighted by atomic mass is 32.2. The number of rotatable bonds is 7. The minimum Gasteiger partial charge on any atom is -0.494 e. The largest absolute Gasteiger partial charge is 0.494 e. The molecular formula is C18H22N2O5S. The first-order valence-corrected chi connectivity index (χ1v) is 9.31. The zero-order valence-electron chi connectivity index (χ0n) is 15.0. The van der Waals surface area contributed by atoms with Crippen LogP contribution in [-0.4, -0.2) is 47.7 Å². The minimum atomic E-state index is -0.759.